The van der Waals surface area contributed by atoms with Crippen molar-refractivity contribution in [1.82, 2.24) is 10.2 Å². The van der Waals surface area contributed by atoms with Gasteiger partial charge in [-0.2, -0.15) is 0 Å². The van der Waals surface area contributed by atoms with Gasteiger partial charge < -0.3 is 5.32 Å². The van der Waals surface area contributed by atoms with Gasteiger partial charge in [0.25, 0.3) is 0 Å². The van der Waals surface area contributed by atoms with Crippen molar-refractivity contribution in [2.75, 3.05) is 19.6 Å². The summed E-state index contributed by atoms with van der Waals surface area (Å²) in [6.07, 6.45) is 5.50. The van der Waals surface area contributed by atoms with Crippen molar-refractivity contribution in [3.63, 3.8) is 0 Å². The fourth-order valence-corrected chi connectivity index (χ4v) is 2.18. The Bertz CT molecular complexity index is 176. The monoisotopic (exact) mass is 226 g/mol. The molecule has 96 valence electrons. The molecule has 1 N–H and O–H groups in total. The van der Waals surface area contributed by atoms with Gasteiger partial charge in [-0.1, -0.05) is 13.3 Å². The second kappa shape index (κ2) is 7.29. The van der Waals surface area contributed by atoms with Crippen LogP contribution in [0.4, 0.5) is 0 Å². The van der Waals surface area contributed by atoms with Crippen LogP contribution in [0.5, 0.6) is 0 Å². The molecule has 0 aromatic carbocycles. The highest BCUT2D eigenvalue weighted by atomic mass is 15.2. The molecule has 0 bridgehead atoms. The van der Waals surface area contributed by atoms with E-state index in [0.717, 1.165) is 12.5 Å². The van der Waals surface area contributed by atoms with Crippen LogP contribution in [-0.2, 0) is 0 Å². The molecular formula is C14H30N2. The molecule has 0 aromatic rings. The van der Waals surface area contributed by atoms with E-state index in [0.29, 0.717) is 12.1 Å². The fourth-order valence-electron chi connectivity index (χ4n) is 2.18. The van der Waals surface area contributed by atoms with Crippen LogP contribution in [0.3, 0.4) is 0 Å². The van der Waals surface area contributed by atoms with Crippen molar-refractivity contribution < 1.29 is 0 Å². The maximum absolute atomic E-state index is 3.62. The minimum Gasteiger partial charge on any atom is -0.313 e. The smallest absolute Gasteiger partial charge is 0.0110 e. The Labute approximate surface area is 102 Å². The summed E-state index contributed by atoms with van der Waals surface area (Å²) >= 11 is 0. The van der Waals surface area contributed by atoms with Crippen molar-refractivity contribution in [2.24, 2.45) is 5.92 Å². The van der Waals surface area contributed by atoms with Crippen molar-refractivity contribution in [2.45, 2.75) is 65.5 Å². The molecule has 0 saturated heterocycles. The first-order valence-corrected chi connectivity index (χ1v) is 7.11. The standard InChI is InChI=1S/C14H30N2/c1-5-6-13(4)15-9-10-16(12(2)3)11-14-7-8-14/h12-15H,5-11H2,1-4H3. The second-order valence-electron chi connectivity index (χ2n) is 5.68. The Kier molecular flexibility index (Phi) is 6.37. The first kappa shape index (κ1) is 14.0. The van der Waals surface area contributed by atoms with Crippen LogP contribution in [-0.4, -0.2) is 36.6 Å². The van der Waals surface area contributed by atoms with Crippen LogP contribution in [0.2, 0.25) is 0 Å². The average Bonchev–Trinajstić information content (AvgIpc) is 3.00. The van der Waals surface area contributed by atoms with E-state index in [2.05, 4.69) is 37.9 Å². The maximum Gasteiger partial charge on any atom is 0.0110 e. The van der Waals surface area contributed by atoms with Crippen LogP contribution in [0.1, 0.15) is 53.4 Å². The van der Waals surface area contributed by atoms with Crippen LogP contribution < -0.4 is 5.32 Å². The molecule has 0 aliphatic heterocycles. The Hall–Kier alpha value is -0.0800. The molecule has 0 amide bonds. The summed E-state index contributed by atoms with van der Waals surface area (Å²) in [5.41, 5.74) is 0. The van der Waals surface area contributed by atoms with E-state index in [1.54, 1.807) is 0 Å². The lowest BCUT2D eigenvalue weighted by Crippen LogP contribution is -2.40. The van der Waals surface area contributed by atoms with E-state index in [9.17, 15) is 0 Å². The van der Waals surface area contributed by atoms with Crippen LogP contribution in [0.15, 0.2) is 0 Å². The lowest BCUT2D eigenvalue weighted by atomic mass is 10.2. The lowest BCUT2D eigenvalue weighted by Gasteiger charge is -2.27. The molecule has 2 nitrogen and oxygen atoms in total. The first-order chi connectivity index (χ1) is 7.63. The molecule has 1 rings (SSSR count). The predicted octanol–water partition coefficient (Wildman–Crippen LogP) is 2.89. The molecule has 1 aliphatic carbocycles. The second-order valence-corrected chi connectivity index (χ2v) is 5.68. The molecule has 1 unspecified atom stereocenters. The molecule has 0 aromatic heterocycles. The van der Waals surface area contributed by atoms with Crippen LogP contribution in [0.25, 0.3) is 0 Å². The Morgan fingerprint density at radius 2 is 1.94 bits per heavy atom. The highest BCUT2D eigenvalue weighted by molar-refractivity contribution is 4.79. The number of nitrogens with zero attached hydrogens (tertiary/aromatic N) is 1. The zero-order valence-corrected chi connectivity index (χ0v) is 11.6. The van der Waals surface area contributed by atoms with Gasteiger partial charge in [-0.05, 0) is 46.0 Å². The number of nitrogens with one attached hydrogen (secondary N) is 1. The SMILES string of the molecule is CCCC(C)NCCN(CC1CC1)C(C)C. The third-order valence-corrected chi connectivity index (χ3v) is 3.53. The van der Waals surface area contributed by atoms with Crippen LogP contribution >= 0.6 is 0 Å². The van der Waals surface area contributed by atoms with Gasteiger partial charge in [0.2, 0.25) is 0 Å². The first-order valence-electron chi connectivity index (χ1n) is 7.11. The van der Waals surface area contributed by atoms with Gasteiger partial charge in [0, 0.05) is 31.7 Å². The van der Waals surface area contributed by atoms with E-state index in [-0.39, 0.29) is 0 Å². The average molecular weight is 226 g/mol. The van der Waals surface area contributed by atoms with Crippen LogP contribution in [0, 0.1) is 5.92 Å². The molecule has 1 saturated carbocycles. The summed E-state index contributed by atoms with van der Waals surface area (Å²) in [5.74, 6) is 1.01. The van der Waals surface area contributed by atoms with E-state index >= 15 is 0 Å². The summed E-state index contributed by atoms with van der Waals surface area (Å²) in [7, 11) is 0. The minimum atomic E-state index is 0.680. The number of hydrogen-bond donors (Lipinski definition) is 1. The van der Waals surface area contributed by atoms with E-state index < -0.39 is 0 Å². The summed E-state index contributed by atoms with van der Waals surface area (Å²) in [5, 5.41) is 3.62. The topological polar surface area (TPSA) is 15.3 Å². The predicted molar refractivity (Wildman–Crippen MR) is 71.8 cm³/mol. The Morgan fingerprint density at radius 3 is 2.44 bits per heavy atom. The van der Waals surface area contributed by atoms with Gasteiger partial charge >= 0.3 is 0 Å². The zero-order chi connectivity index (χ0) is 12.0. The minimum absolute atomic E-state index is 0.680. The summed E-state index contributed by atoms with van der Waals surface area (Å²) in [6.45, 7) is 12.9. The summed E-state index contributed by atoms with van der Waals surface area (Å²) < 4.78 is 0. The van der Waals surface area contributed by atoms with E-state index in [4.69, 9.17) is 0 Å². The molecule has 0 heterocycles. The normalized spacial score (nSPS) is 18.4. The van der Waals surface area contributed by atoms with Crippen molar-refractivity contribution in [3.05, 3.63) is 0 Å². The molecule has 0 spiro atoms. The van der Waals surface area contributed by atoms with E-state index in [1.165, 1.54) is 38.8 Å². The molecule has 16 heavy (non-hydrogen) atoms. The lowest BCUT2D eigenvalue weighted by molar-refractivity contribution is 0.210. The highest BCUT2D eigenvalue weighted by Gasteiger charge is 2.25. The molecule has 2 heteroatoms. The Balaban J connectivity index is 2.11. The number of hydrogen-bond acceptors (Lipinski definition) is 2. The summed E-state index contributed by atoms with van der Waals surface area (Å²) in [6, 6.07) is 1.38. The number of rotatable bonds is 9. The summed E-state index contributed by atoms with van der Waals surface area (Å²) in [4.78, 5) is 2.63. The molecule has 1 atom stereocenters. The molecule has 1 aliphatic rings. The van der Waals surface area contributed by atoms with E-state index in [1.807, 2.05) is 0 Å². The quantitative estimate of drug-likeness (QED) is 0.650. The third-order valence-electron chi connectivity index (χ3n) is 3.53. The third kappa shape index (κ3) is 5.86. The zero-order valence-electron chi connectivity index (χ0n) is 11.6. The van der Waals surface area contributed by atoms with Gasteiger partial charge in [-0.15, -0.1) is 0 Å². The van der Waals surface area contributed by atoms with Crippen molar-refractivity contribution in [1.29, 1.82) is 0 Å². The van der Waals surface area contributed by atoms with Crippen molar-refractivity contribution >= 4 is 0 Å². The van der Waals surface area contributed by atoms with Gasteiger partial charge in [0.1, 0.15) is 0 Å². The van der Waals surface area contributed by atoms with Gasteiger partial charge in [-0.3, -0.25) is 4.90 Å². The fraction of sp³-hybridized carbons (Fsp3) is 1.00. The van der Waals surface area contributed by atoms with Gasteiger partial charge in [0.15, 0.2) is 0 Å². The Morgan fingerprint density at radius 1 is 1.25 bits per heavy atom. The highest BCUT2D eigenvalue weighted by Crippen LogP contribution is 2.30. The molecule has 0 radical (unpaired) electrons. The molecular weight excluding hydrogens is 196 g/mol. The maximum atomic E-state index is 3.62. The largest absolute Gasteiger partial charge is 0.313 e. The molecule has 1 fully saturated rings. The van der Waals surface area contributed by atoms with Gasteiger partial charge in [-0.25, -0.2) is 0 Å². The van der Waals surface area contributed by atoms with Gasteiger partial charge in [0.05, 0.1) is 0 Å². The van der Waals surface area contributed by atoms with Crippen molar-refractivity contribution in [3.8, 4) is 0 Å².